The zero-order valence-electron chi connectivity index (χ0n) is 14.5. The van der Waals surface area contributed by atoms with Crippen molar-refractivity contribution < 1.29 is 4.79 Å². The van der Waals surface area contributed by atoms with Crippen LogP contribution >= 0.6 is 0 Å². The van der Waals surface area contributed by atoms with Gasteiger partial charge in [0, 0.05) is 35.8 Å². The minimum Gasteiger partial charge on any atom is -0.380 e. The Labute approximate surface area is 152 Å². The van der Waals surface area contributed by atoms with Gasteiger partial charge in [0.1, 0.15) is 0 Å². The number of pyridine rings is 1. The summed E-state index contributed by atoms with van der Waals surface area (Å²) >= 11 is 0. The third-order valence-corrected chi connectivity index (χ3v) is 5.09. The molecule has 26 heavy (non-hydrogen) atoms. The van der Waals surface area contributed by atoms with E-state index in [0.29, 0.717) is 17.0 Å². The van der Waals surface area contributed by atoms with Gasteiger partial charge in [-0.05, 0) is 30.7 Å². The number of hydrogen-bond acceptors (Lipinski definition) is 4. The Kier molecular flexibility index (Phi) is 4.54. The molecule has 1 aliphatic heterocycles. The van der Waals surface area contributed by atoms with E-state index in [1.165, 1.54) is 5.56 Å². The average Bonchev–Trinajstić information content (AvgIpc) is 2.69. The smallest absolute Gasteiger partial charge is 0.250 e. The van der Waals surface area contributed by atoms with E-state index >= 15 is 0 Å². The Morgan fingerprint density at radius 1 is 1.12 bits per heavy atom. The molecule has 1 aliphatic rings. The van der Waals surface area contributed by atoms with Gasteiger partial charge in [0.15, 0.2) is 0 Å². The van der Waals surface area contributed by atoms with Gasteiger partial charge in [-0.3, -0.25) is 9.78 Å². The van der Waals surface area contributed by atoms with Crippen LogP contribution in [0.4, 0.5) is 5.69 Å². The summed E-state index contributed by atoms with van der Waals surface area (Å²) in [6.45, 7) is 1.90. The summed E-state index contributed by atoms with van der Waals surface area (Å²) in [5, 5.41) is 8.08. The molecule has 1 aromatic heterocycles. The lowest BCUT2D eigenvalue weighted by Crippen LogP contribution is -2.44. The molecule has 4 rings (SSSR count). The molecule has 4 N–H and O–H groups in total. The van der Waals surface area contributed by atoms with Crippen LogP contribution in [-0.2, 0) is 0 Å². The molecule has 132 valence electrons. The van der Waals surface area contributed by atoms with Crippen molar-refractivity contribution in [1.29, 1.82) is 0 Å². The summed E-state index contributed by atoms with van der Waals surface area (Å²) in [6.07, 6.45) is 2.81. The van der Waals surface area contributed by atoms with Crippen molar-refractivity contribution in [2.24, 2.45) is 5.73 Å². The molecule has 2 atom stereocenters. The lowest BCUT2D eigenvalue weighted by atomic mass is 9.86. The number of amides is 1. The molecule has 0 bridgehead atoms. The molecule has 3 aromatic rings. The second-order valence-corrected chi connectivity index (χ2v) is 6.69. The van der Waals surface area contributed by atoms with Gasteiger partial charge < -0.3 is 16.4 Å². The van der Waals surface area contributed by atoms with Crippen molar-refractivity contribution in [2.75, 3.05) is 18.4 Å². The topological polar surface area (TPSA) is 80.0 Å². The summed E-state index contributed by atoms with van der Waals surface area (Å²) in [4.78, 5) is 16.1. The predicted octanol–water partition coefficient (Wildman–Crippen LogP) is 2.89. The number of para-hydroxylation sites is 1. The van der Waals surface area contributed by atoms with Crippen LogP contribution in [0.25, 0.3) is 10.9 Å². The zero-order valence-corrected chi connectivity index (χ0v) is 14.5. The van der Waals surface area contributed by atoms with Crippen LogP contribution in [0, 0.1) is 0 Å². The maximum absolute atomic E-state index is 11.7. The van der Waals surface area contributed by atoms with E-state index in [1.807, 2.05) is 18.2 Å². The number of nitrogens with two attached hydrogens (primary N) is 1. The number of primary amides is 1. The molecule has 1 amide bonds. The van der Waals surface area contributed by atoms with E-state index < -0.39 is 5.91 Å². The normalized spacial score (nSPS) is 20.0. The number of rotatable bonds is 4. The van der Waals surface area contributed by atoms with Gasteiger partial charge in [0.25, 0.3) is 5.91 Å². The number of piperidine rings is 1. The fourth-order valence-corrected chi connectivity index (χ4v) is 3.81. The third-order valence-electron chi connectivity index (χ3n) is 5.09. The number of nitrogens with one attached hydrogen (secondary N) is 2. The molecule has 0 unspecified atom stereocenters. The van der Waals surface area contributed by atoms with E-state index in [2.05, 4.69) is 45.9 Å². The van der Waals surface area contributed by atoms with Gasteiger partial charge in [-0.25, -0.2) is 0 Å². The highest BCUT2D eigenvalue weighted by atomic mass is 16.1. The average molecular weight is 346 g/mol. The molecule has 1 fully saturated rings. The first-order valence-corrected chi connectivity index (χ1v) is 8.94. The highest BCUT2D eigenvalue weighted by molar-refractivity contribution is 6.07. The van der Waals surface area contributed by atoms with Crippen LogP contribution in [0.5, 0.6) is 0 Å². The lowest BCUT2D eigenvalue weighted by molar-refractivity contribution is 0.100. The Hall–Kier alpha value is -2.92. The first-order valence-electron chi connectivity index (χ1n) is 8.94. The predicted molar refractivity (Wildman–Crippen MR) is 104 cm³/mol. The molecule has 0 saturated carbocycles. The van der Waals surface area contributed by atoms with Crippen LogP contribution in [0.2, 0.25) is 0 Å². The van der Waals surface area contributed by atoms with Crippen LogP contribution in [0.15, 0.2) is 60.8 Å². The number of carbonyl (C=O) groups excluding carboxylic acids is 1. The van der Waals surface area contributed by atoms with Crippen LogP contribution in [-0.4, -0.2) is 30.0 Å². The Balaban J connectivity index is 1.70. The molecule has 5 nitrogen and oxygen atoms in total. The number of anilines is 1. The largest absolute Gasteiger partial charge is 0.380 e. The molecule has 1 saturated heterocycles. The standard InChI is InChI=1S/C21H22N4O/c22-21(26)17-8-4-7-16-18(10-12-24-20(16)17)25-19-13-23-11-9-15(19)14-5-2-1-3-6-14/h1-8,10,12,15,19,23H,9,11,13H2,(H2,22,26)(H,24,25)/t15-,19+/m1/s1. The zero-order chi connectivity index (χ0) is 17.9. The molecular formula is C21H22N4O. The van der Waals surface area contributed by atoms with Crippen molar-refractivity contribution >= 4 is 22.5 Å². The van der Waals surface area contributed by atoms with Crippen molar-refractivity contribution in [2.45, 2.75) is 18.4 Å². The minimum absolute atomic E-state index is 0.258. The highest BCUT2D eigenvalue weighted by Gasteiger charge is 2.26. The van der Waals surface area contributed by atoms with Gasteiger partial charge >= 0.3 is 0 Å². The summed E-state index contributed by atoms with van der Waals surface area (Å²) < 4.78 is 0. The fraction of sp³-hybridized carbons (Fsp3) is 0.238. The number of fused-ring (bicyclic) bond motifs is 1. The van der Waals surface area contributed by atoms with Crippen molar-refractivity contribution in [3.8, 4) is 0 Å². The van der Waals surface area contributed by atoms with E-state index in [-0.39, 0.29) is 6.04 Å². The van der Waals surface area contributed by atoms with Crippen LogP contribution < -0.4 is 16.4 Å². The quantitative estimate of drug-likeness (QED) is 0.679. The van der Waals surface area contributed by atoms with Gasteiger partial charge in [0.2, 0.25) is 0 Å². The third kappa shape index (κ3) is 3.13. The Bertz CT molecular complexity index is 926. The van der Waals surface area contributed by atoms with Crippen LogP contribution in [0.1, 0.15) is 28.3 Å². The number of hydrogen-bond donors (Lipinski definition) is 3. The monoisotopic (exact) mass is 346 g/mol. The van der Waals surface area contributed by atoms with Gasteiger partial charge in [-0.2, -0.15) is 0 Å². The summed E-state index contributed by atoms with van der Waals surface area (Å²) in [5.74, 6) is -0.0262. The molecule has 0 radical (unpaired) electrons. The maximum atomic E-state index is 11.7. The van der Waals surface area contributed by atoms with Gasteiger partial charge in [0.05, 0.1) is 11.1 Å². The molecule has 2 heterocycles. The Morgan fingerprint density at radius 2 is 1.96 bits per heavy atom. The first kappa shape index (κ1) is 16.5. The van der Waals surface area contributed by atoms with E-state index in [4.69, 9.17) is 5.73 Å². The van der Waals surface area contributed by atoms with E-state index in [1.54, 1.807) is 12.3 Å². The van der Waals surface area contributed by atoms with E-state index in [9.17, 15) is 4.79 Å². The fourth-order valence-electron chi connectivity index (χ4n) is 3.81. The first-order chi connectivity index (χ1) is 12.7. The molecule has 0 aliphatic carbocycles. The van der Waals surface area contributed by atoms with Crippen LogP contribution in [0.3, 0.4) is 0 Å². The second-order valence-electron chi connectivity index (χ2n) is 6.69. The summed E-state index contributed by atoms with van der Waals surface area (Å²) in [5.41, 5.74) is 8.93. The van der Waals surface area contributed by atoms with Crippen molar-refractivity contribution in [3.05, 3.63) is 71.9 Å². The summed E-state index contributed by atoms with van der Waals surface area (Å²) in [7, 11) is 0. The van der Waals surface area contributed by atoms with Gasteiger partial charge in [-0.1, -0.05) is 42.5 Å². The van der Waals surface area contributed by atoms with Crippen molar-refractivity contribution in [1.82, 2.24) is 10.3 Å². The Morgan fingerprint density at radius 3 is 2.77 bits per heavy atom. The minimum atomic E-state index is -0.457. The summed E-state index contributed by atoms with van der Waals surface area (Å²) in [6, 6.07) is 18.4. The van der Waals surface area contributed by atoms with E-state index in [0.717, 1.165) is 30.6 Å². The molecule has 5 heteroatoms. The lowest BCUT2D eigenvalue weighted by Gasteiger charge is -2.34. The molecule has 2 aromatic carbocycles. The van der Waals surface area contributed by atoms with Gasteiger partial charge in [-0.15, -0.1) is 0 Å². The molecule has 0 spiro atoms. The number of carbonyl (C=O) groups is 1. The highest BCUT2D eigenvalue weighted by Crippen LogP contribution is 2.30. The number of aromatic nitrogens is 1. The molecular weight excluding hydrogens is 324 g/mol. The number of benzene rings is 2. The SMILES string of the molecule is NC(=O)c1cccc2c(N[C@H]3CNCC[C@@H]3c3ccccc3)ccnc12. The van der Waals surface area contributed by atoms with Crippen molar-refractivity contribution in [3.63, 3.8) is 0 Å². The maximum Gasteiger partial charge on any atom is 0.250 e. The second kappa shape index (κ2) is 7.14. The number of nitrogens with zero attached hydrogens (tertiary/aromatic N) is 1.